The smallest absolute Gasteiger partial charge is 0.129 e. The van der Waals surface area contributed by atoms with Gasteiger partial charge in [0.25, 0.3) is 0 Å². The number of hydrogen-bond donors (Lipinski definition) is 1. The van der Waals surface area contributed by atoms with Crippen LogP contribution in [0.2, 0.25) is 0 Å². The molecule has 0 saturated heterocycles. The number of hydrogen-bond acceptors (Lipinski definition) is 2. The van der Waals surface area contributed by atoms with Crippen molar-refractivity contribution in [3.8, 4) is 0 Å². The van der Waals surface area contributed by atoms with Crippen LogP contribution in [-0.4, -0.2) is 17.3 Å². The van der Waals surface area contributed by atoms with Crippen LogP contribution in [0.15, 0.2) is 18.2 Å². The van der Waals surface area contributed by atoms with Crippen molar-refractivity contribution in [1.82, 2.24) is 0 Å². The Labute approximate surface area is 118 Å². The van der Waals surface area contributed by atoms with Gasteiger partial charge in [0.05, 0.1) is 5.60 Å². The molecule has 0 bridgehead atoms. The maximum atomic E-state index is 13.9. The number of benzene rings is 1. The third-order valence-corrected chi connectivity index (χ3v) is 4.30. The van der Waals surface area contributed by atoms with Crippen LogP contribution in [-0.2, 0) is 4.74 Å². The van der Waals surface area contributed by atoms with Crippen LogP contribution in [0.1, 0.15) is 51.2 Å². The molecule has 1 unspecified atom stereocenters. The SMILES string of the molecule is CCOC1(C(O)c2cc(F)ccc2F)CCC(C)CC1. The second-order valence-corrected chi connectivity index (χ2v) is 5.75. The van der Waals surface area contributed by atoms with Crippen LogP contribution >= 0.6 is 0 Å². The van der Waals surface area contributed by atoms with Gasteiger partial charge in [-0.25, -0.2) is 8.78 Å². The Morgan fingerprint density at radius 1 is 1.35 bits per heavy atom. The molecule has 0 spiro atoms. The highest BCUT2D eigenvalue weighted by atomic mass is 19.1. The van der Waals surface area contributed by atoms with Crippen molar-refractivity contribution in [1.29, 1.82) is 0 Å². The van der Waals surface area contributed by atoms with Crippen molar-refractivity contribution in [2.24, 2.45) is 5.92 Å². The number of rotatable bonds is 4. The molecule has 0 aromatic heterocycles. The van der Waals surface area contributed by atoms with Gasteiger partial charge in [-0.2, -0.15) is 0 Å². The fourth-order valence-electron chi connectivity index (χ4n) is 3.04. The Balaban J connectivity index is 2.31. The summed E-state index contributed by atoms with van der Waals surface area (Å²) in [6.45, 7) is 4.46. The molecule has 1 aliphatic carbocycles. The van der Waals surface area contributed by atoms with Crippen molar-refractivity contribution in [2.45, 2.75) is 51.2 Å². The van der Waals surface area contributed by atoms with E-state index in [1.54, 1.807) is 0 Å². The van der Waals surface area contributed by atoms with Crippen molar-refractivity contribution >= 4 is 0 Å². The maximum Gasteiger partial charge on any atom is 0.129 e. The molecule has 1 fully saturated rings. The van der Waals surface area contributed by atoms with Gasteiger partial charge < -0.3 is 9.84 Å². The van der Waals surface area contributed by atoms with Crippen LogP contribution in [0.3, 0.4) is 0 Å². The molecule has 2 nitrogen and oxygen atoms in total. The number of ether oxygens (including phenoxy) is 1. The van der Waals surface area contributed by atoms with Gasteiger partial charge in [0, 0.05) is 12.2 Å². The van der Waals surface area contributed by atoms with Gasteiger partial charge >= 0.3 is 0 Å². The summed E-state index contributed by atoms with van der Waals surface area (Å²) >= 11 is 0. The van der Waals surface area contributed by atoms with Crippen LogP contribution in [0.5, 0.6) is 0 Å². The Morgan fingerprint density at radius 3 is 2.60 bits per heavy atom. The van der Waals surface area contributed by atoms with Gasteiger partial charge in [0.2, 0.25) is 0 Å². The van der Waals surface area contributed by atoms with Crippen LogP contribution in [0.25, 0.3) is 0 Å². The standard InChI is InChI=1S/C16H22F2O2/c1-3-20-16(8-6-11(2)7-9-16)15(19)13-10-12(17)4-5-14(13)18/h4-5,10-11,15,19H,3,6-9H2,1-2H3. The zero-order valence-corrected chi connectivity index (χ0v) is 12.0. The van der Waals surface area contributed by atoms with E-state index in [0.717, 1.165) is 31.0 Å². The topological polar surface area (TPSA) is 29.5 Å². The van der Waals surface area contributed by atoms with E-state index in [-0.39, 0.29) is 5.56 Å². The molecule has 2 rings (SSSR count). The zero-order valence-electron chi connectivity index (χ0n) is 12.0. The maximum absolute atomic E-state index is 13.9. The van der Waals surface area contributed by atoms with Gasteiger partial charge in [-0.05, 0) is 56.7 Å². The van der Waals surface area contributed by atoms with Gasteiger partial charge in [-0.3, -0.25) is 0 Å². The highest BCUT2D eigenvalue weighted by molar-refractivity contribution is 5.24. The molecule has 1 saturated carbocycles. The minimum atomic E-state index is -1.13. The van der Waals surface area contributed by atoms with E-state index in [1.165, 1.54) is 0 Å². The molecule has 1 atom stereocenters. The summed E-state index contributed by atoms with van der Waals surface area (Å²) in [6.07, 6.45) is 2.05. The van der Waals surface area contributed by atoms with Crippen LogP contribution in [0, 0.1) is 17.6 Å². The van der Waals surface area contributed by atoms with Crippen LogP contribution < -0.4 is 0 Å². The summed E-state index contributed by atoms with van der Waals surface area (Å²) in [6, 6.07) is 3.18. The lowest BCUT2D eigenvalue weighted by Gasteiger charge is -2.42. The second kappa shape index (κ2) is 6.19. The molecule has 0 radical (unpaired) electrons. The molecular weight excluding hydrogens is 262 g/mol. The van der Waals surface area contributed by atoms with Crippen molar-refractivity contribution < 1.29 is 18.6 Å². The second-order valence-electron chi connectivity index (χ2n) is 5.75. The Bertz CT molecular complexity index is 454. The third-order valence-electron chi connectivity index (χ3n) is 4.30. The van der Waals surface area contributed by atoms with Crippen molar-refractivity contribution in [2.75, 3.05) is 6.61 Å². The summed E-state index contributed by atoms with van der Waals surface area (Å²) < 4.78 is 33.0. The highest BCUT2D eigenvalue weighted by Crippen LogP contribution is 2.43. The van der Waals surface area contributed by atoms with Crippen LogP contribution in [0.4, 0.5) is 8.78 Å². The molecule has 1 aromatic rings. The molecule has 1 aromatic carbocycles. The number of aliphatic hydroxyl groups excluding tert-OH is 1. The van der Waals surface area contributed by atoms with E-state index in [2.05, 4.69) is 6.92 Å². The molecule has 112 valence electrons. The van der Waals surface area contributed by atoms with E-state index in [4.69, 9.17) is 4.74 Å². The molecule has 20 heavy (non-hydrogen) atoms. The van der Waals surface area contributed by atoms with Crippen molar-refractivity contribution in [3.63, 3.8) is 0 Å². The largest absolute Gasteiger partial charge is 0.385 e. The lowest BCUT2D eigenvalue weighted by atomic mass is 9.74. The third kappa shape index (κ3) is 3.01. The first-order valence-electron chi connectivity index (χ1n) is 7.25. The van der Waals surface area contributed by atoms with Crippen molar-refractivity contribution in [3.05, 3.63) is 35.4 Å². The van der Waals surface area contributed by atoms with Gasteiger partial charge in [0.1, 0.15) is 17.7 Å². The van der Waals surface area contributed by atoms with E-state index < -0.39 is 23.3 Å². The molecule has 4 heteroatoms. The number of halogens is 2. The first-order valence-corrected chi connectivity index (χ1v) is 7.25. The minimum Gasteiger partial charge on any atom is -0.385 e. The Kier molecular flexibility index (Phi) is 4.76. The molecule has 0 amide bonds. The zero-order chi connectivity index (χ0) is 14.8. The molecule has 1 N–H and O–H groups in total. The first-order chi connectivity index (χ1) is 9.48. The van der Waals surface area contributed by atoms with E-state index in [1.807, 2.05) is 6.92 Å². The summed E-state index contributed by atoms with van der Waals surface area (Å²) in [5, 5.41) is 10.6. The quantitative estimate of drug-likeness (QED) is 0.906. The Morgan fingerprint density at radius 2 is 2.00 bits per heavy atom. The monoisotopic (exact) mass is 284 g/mol. The van der Waals surface area contributed by atoms with Gasteiger partial charge in [-0.1, -0.05) is 6.92 Å². The molecule has 0 heterocycles. The lowest BCUT2D eigenvalue weighted by molar-refractivity contribution is -0.147. The van der Waals surface area contributed by atoms with E-state index in [9.17, 15) is 13.9 Å². The lowest BCUT2D eigenvalue weighted by Crippen LogP contribution is -2.43. The van der Waals surface area contributed by atoms with Gasteiger partial charge in [-0.15, -0.1) is 0 Å². The summed E-state index contributed by atoms with van der Waals surface area (Å²) in [5.41, 5.74) is -0.802. The predicted molar refractivity (Wildman–Crippen MR) is 73.3 cm³/mol. The average molecular weight is 284 g/mol. The van der Waals surface area contributed by atoms with E-state index >= 15 is 0 Å². The normalized spacial score (nSPS) is 28.4. The Hall–Kier alpha value is -1.00. The predicted octanol–water partition coefficient (Wildman–Crippen LogP) is 3.98. The fraction of sp³-hybridized carbons (Fsp3) is 0.625. The summed E-state index contributed by atoms with van der Waals surface area (Å²) in [7, 11) is 0. The minimum absolute atomic E-state index is 0.00648. The molecular formula is C16H22F2O2. The first kappa shape index (κ1) is 15.4. The number of aliphatic hydroxyl groups is 1. The molecule has 0 aliphatic heterocycles. The summed E-state index contributed by atoms with van der Waals surface area (Å²) in [5.74, 6) is -0.555. The summed E-state index contributed by atoms with van der Waals surface area (Å²) in [4.78, 5) is 0. The molecule has 1 aliphatic rings. The average Bonchev–Trinajstić information content (AvgIpc) is 2.44. The van der Waals surface area contributed by atoms with E-state index in [0.29, 0.717) is 25.4 Å². The highest BCUT2D eigenvalue weighted by Gasteiger charge is 2.43. The van der Waals surface area contributed by atoms with Gasteiger partial charge in [0.15, 0.2) is 0 Å². The fourth-order valence-corrected chi connectivity index (χ4v) is 3.04.